The first-order valence-corrected chi connectivity index (χ1v) is 3.37. The Hall–Kier alpha value is -0.950. The van der Waals surface area contributed by atoms with E-state index in [4.69, 9.17) is 16.3 Å². The number of hydrogen-bond acceptors (Lipinski definition) is 1. The molecule has 10 heavy (non-hydrogen) atoms. The van der Waals surface area contributed by atoms with E-state index in [1.54, 1.807) is 6.26 Å². The predicted molar refractivity (Wildman–Crippen MR) is 40.5 cm³/mol. The Morgan fingerprint density at radius 2 is 2.10 bits per heavy atom. The van der Waals surface area contributed by atoms with Gasteiger partial charge in [0.15, 0.2) is 5.76 Å². The van der Waals surface area contributed by atoms with Gasteiger partial charge in [-0.2, -0.15) is 0 Å². The number of ether oxygens (including phenoxy) is 1. The Kier molecular flexibility index (Phi) is 1.18. The zero-order valence-corrected chi connectivity index (χ0v) is 5.93. The van der Waals surface area contributed by atoms with Crippen LogP contribution in [0.1, 0.15) is 5.56 Å². The summed E-state index contributed by atoms with van der Waals surface area (Å²) in [5, 5.41) is 0.744. The lowest BCUT2D eigenvalue weighted by Gasteiger charge is -1.91. The number of halogens is 1. The summed E-state index contributed by atoms with van der Waals surface area (Å²) in [4.78, 5) is 0. The minimum atomic E-state index is 0.744. The maximum atomic E-state index is 5.73. The van der Waals surface area contributed by atoms with Crippen LogP contribution in [0.4, 0.5) is 0 Å². The van der Waals surface area contributed by atoms with Gasteiger partial charge in [0.1, 0.15) is 6.26 Å². The summed E-state index contributed by atoms with van der Waals surface area (Å²) >= 11 is 5.73. The van der Waals surface area contributed by atoms with Crippen molar-refractivity contribution in [1.82, 2.24) is 0 Å². The quantitative estimate of drug-likeness (QED) is 0.603. The van der Waals surface area contributed by atoms with E-state index >= 15 is 0 Å². The summed E-state index contributed by atoms with van der Waals surface area (Å²) in [6.07, 6.45) is 1.70. The fourth-order valence-electron chi connectivity index (χ4n) is 0.807. The molecule has 0 saturated heterocycles. The number of rotatable bonds is 1. The van der Waals surface area contributed by atoms with Gasteiger partial charge in [0.05, 0.1) is 0 Å². The first-order chi connectivity index (χ1) is 4.86. The lowest BCUT2D eigenvalue weighted by molar-refractivity contribution is 0.563. The van der Waals surface area contributed by atoms with Crippen molar-refractivity contribution < 1.29 is 4.74 Å². The zero-order chi connectivity index (χ0) is 6.97. The highest BCUT2D eigenvalue weighted by Gasteiger charge is 2.11. The van der Waals surface area contributed by atoms with Crippen LogP contribution >= 0.6 is 11.6 Å². The normalized spacial score (nSPS) is 13.9. The van der Waals surface area contributed by atoms with Crippen LogP contribution in [0.25, 0.3) is 5.76 Å². The van der Waals surface area contributed by atoms with Gasteiger partial charge in [-0.05, 0) is 12.1 Å². The first-order valence-electron chi connectivity index (χ1n) is 2.99. The molecule has 0 N–H and O–H groups in total. The molecule has 2 heteroatoms. The Morgan fingerprint density at radius 1 is 1.30 bits per heavy atom. The molecule has 0 saturated carbocycles. The first kappa shape index (κ1) is 5.81. The van der Waals surface area contributed by atoms with Gasteiger partial charge in [0.25, 0.3) is 0 Å². The summed E-state index contributed by atoms with van der Waals surface area (Å²) in [6, 6.07) is 7.58. The second-order valence-corrected chi connectivity index (χ2v) is 2.55. The van der Waals surface area contributed by atoms with Crippen LogP contribution in [-0.4, -0.2) is 0 Å². The maximum absolute atomic E-state index is 5.73. The Bertz CT molecular complexity index is 291. The Balaban J connectivity index is 2.42. The lowest BCUT2D eigenvalue weighted by Crippen LogP contribution is -1.71. The molecular formula is C8H5ClO. The standard InChI is InChI=1S/C8H5ClO/c9-7-3-1-2-6(4-7)8-5-10-8/h1-5H. The highest BCUT2D eigenvalue weighted by molar-refractivity contribution is 6.30. The van der Waals surface area contributed by atoms with Gasteiger partial charge in [-0.25, -0.2) is 0 Å². The molecule has 0 amide bonds. The van der Waals surface area contributed by atoms with Crippen LogP contribution in [0.5, 0.6) is 0 Å². The molecule has 0 fully saturated rings. The van der Waals surface area contributed by atoms with Crippen LogP contribution < -0.4 is 0 Å². The smallest absolute Gasteiger partial charge is 0.168 e. The van der Waals surface area contributed by atoms with E-state index < -0.39 is 0 Å². The highest BCUT2D eigenvalue weighted by atomic mass is 35.5. The molecule has 2 rings (SSSR count). The van der Waals surface area contributed by atoms with Gasteiger partial charge in [-0.3, -0.25) is 0 Å². The number of hydrogen-bond donors (Lipinski definition) is 0. The van der Waals surface area contributed by atoms with Crippen LogP contribution in [0.3, 0.4) is 0 Å². The molecule has 0 bridgehead atoms. The number of benzene rings is 1. The third kappa shape index (κ3) is 1.00. The van der Waals surface area contributed by atoms with Gasteiger partial charge in [-0.15, -0.1) is 0 Å². The molecular weight excluding hydrogens is 148 g/mol. The van der Waals surface area contributed by atoms with E-state index in [1.165, 1.54) is 0 Å². The molecule has 0 spiro atoms. The lowest BCUT2D eigenvalue weighted by atomic mass is 10.2. The largest absolute Gasteiger partial charge is 0.457 e. The average molecular weight is 153 g/mol. The van der Waals surface area contributed by atoms with Gasteiger partial charge < -0.3 is 4.74 Å². The topological polar surface area (TPSA) is 12.5 Å². The Labute approximate surface area is 63.9 Å². The summed E-state index contributed by atoms with van der Waals surface area (Å²) in [7, 11) is 0. The van der Waals surface area contributed by atoms with Gasteiger partial charge >= 0.3 is 0 Å². The summed E-state index contributed by atoms with van der Waals surface area (Å²) in [5.74, 6) is 0.919. The van der Waals surface area contributed by atoms with Gasteiger partial charge in [0.2, 0.25) is 0 Å². The molecule has 0 aliphatic carbocycles. The van der Waals surface area contributed by atoms with Crippen molar-refractivity contribution in [3.63, 3.8) is 0 Å². The molecule has 50 valence electrons. The second-order valence-electron chi connectivity index (χ2n) is 2.11. The molecule has 0 radical (unpaired) electrons. The van der Waals surface area contributed by atoms with Crippen molar-refractivity contribution in [2.24, 2.45) is 0 Å². The monoisotopic (exact) mass is 152 g/mol. The van der Waals surface area contributed by atoms with Crippen molar-refractivity contribution in [3.05, 3.63) is 41.1 Å². The van der Waals surface area contributed by atoms with Crippen LogP contribution in [0, 0.1) is 0 Å². The Morgan fingerprint density at radius 3 is 2.70 bits per heavy atom. The molecule has 1 heterocycles. The molecule has 0 aromatic heterocycles. The predicted octanol–water partition coefficient (Wildman–Crippen LogP) is 2.67. The molecule has 1 nitrogen and oxygen atoms in total. The third-order valence-corrected chi connectivity index (χ3v) is 1.58. The van der Waals surface area contributed by atoms with Crippen molar-refractivity contribution in [3.8, 4) is 0 Å². The maximum Gasteiger partial charge on any atom is 0.168 e. The minimum absolute atomic E-state index is 0.744. The van der Waals surface area contributed by atoms with E-state index in [0.717, 1.165) is 16.3 Å². The molecule has 1 aromatic carbocycles. The van der Waals surface area contributed by atoms with Crippen LogP contribution in [0.2, 0.25) is 5.02 Å². The fourth-order valence-corrected chi connectivity index (χ4v) is 0.998. The summed E-state index contributed by atoms with van der Waals surface area (Å²) in [6.45, 7) is 0. The third-order valence-electron chi connectivity index (χ3n) is 1.34. The van der Waals surface area contributed by atoms with Gasteiger partial charge in [0, 0.05) is 10.6 Å². The molecule has 1 aliphatic heterocycles. The second kappa shape index (κ2) is 2.03. The zero-order valence-electron chi connectivity index (χ0n) is 5.17. The molecule has 0 atom stereocenters. The van der Waals surface area contributed by atoms with E-state index in [1.807, 2.05) is 24.3 Å². The van der Waals surface area contributed by atoms with Gasteiger partial charge in [-0.1, -0.05) is 23.7 Å². The van der Waals surface area contributed by atoms with Crippen molar-refractivity contribution in [2.75, 3.05) is 0 Å². The molecule has 1 aliphatic rings. The highest BCUT2D eigenvalue weighted by Crippen LogP contribution is 2.28. The van der Waals surface area contributed by atoms with E-state index in [2.05, 4.69) is 0 Å². The summed E-state index contributed by atoms with van der Waals surface area (Å²) < 4.78 is 4.88. The summed E-state index contributed by atoms with van der Waals surface area (Å²) in [5.41, 5.74) is 1.05. The van der Waals surface area contributed by atoms with Crippen molar-refractivity contribution in [2.45, 2.75) is 0 Å². The molecule has 0 unspecified atom stereocenters. The van der Waals surface area contributed by atoms with E-state index in [-0.39, 0.29) is 0 Å². The molecule has 1 aromatic rings. The van der Waals surface area contributed by atoms with Crippen LogP contribution in [0.15, 0.2) is 30.5 Å². The SMILES string of the molecule is Clc1cccc(C2=CO2)c1. The van der Waals surface area contributed by atoms with E-state index in [0.29, 0.717) is 0 Å². The van der Waals surface area contributed by atoms with E-state index in [9.17, 15) is 0 Å². The van der Waals surface area contributed by atoms with Crippen LogP contribution in [-0.2, 0) is 4.74 Å². The average Bonchev–Trinajstić information content (AvgIpc) is 2.68. The fraction of sp³-hybridized carbons (Fsp3) is 0. The van der Waals surface area contributed by atoms with Crippen molar-refractivity contribution in [1.29, 1.82) is 0 Å². The van der Waals surface area contributed by atoms with Crippen molar-refractivity contribution >= 4 is 17.4 Å². The minimum Gasteiger partial charge on any atom is -0.457 e.